The summed E-state index contributed by atoms with van der Waals surface area (Å²) >= 11 is 3.08. The van der Waals surface area contributed by atoms with Gasteiger partial charge in [0.15, 0.2) is 5.75 Å². The van der Waals surface area contributed by atoms with Gasteiger partial charge in [-0.05, 0) is 64.5 Å². The van der Waals surface area contributed by atoms with Crippen molar-refractivity contribution >= 4 is 46.7 Å². The number of ether oxygens (including phenoxy) is 3. The Morgan fingerprint density at radius 3 is 2.55 bits per heavy atom. The third kappa shape index (κ3) is 6.53. The van der Waals surface area contributed by atoms with Crippen LogP contribution in [0.1, 0.15) is 56.9 Å². The molecule has 216 valence electrons. The number of methoxy groups -OCH3 is 1. The molecule has 2 aromatic rings. The number of thioether (sulfide) groups is 1. The standard InChI is InChI=1S/C29H37N3O6S2/c1-8-17-14-31(39-7)16-21(30-28(35)38-29(3,4)5)26(17)40-22-13-12-19-23(25(22)36-6)32(18-10-11-18)15-20(24(19)33)27(34)37-9-2/h8,12-13,15,18,21H,1,9-11,14,16H2,2-7H3,(H,30,35). The summed E-state index contributed by atoms with van der Waals surface area (Å²) in [5, 5.41) is 3.44. The van der Waals surface area contributed by atoms with E-state index in [0.717, 1.165) is 28.2 Å². The second-order valence-corrected chi connectivity index (χ2v) is 12.6. The van der Waals surface area contributed by atoms with E-state index < -0.39 is 17.7 Å². The van der Waals surface area contributed by atoms with Gasteiger partial charge >= 0.3 is 12.1 Å². The number of amides is 1. The zero-order chi connectivity index (χ0) is 29.2. The van der Waals surface area contributed by atoms with Gasteiger partial charge in [-0.2, -0.15) is 0 Å². The van der Waals surface area contributed by atoms with Crippen molar-refractivity contribution in [3.05, 3.63) is 57.2 Å². The minimum atomic E-state index is -0.632. The van der Waals surface area contributed by atoms with Gasteiger partial charge < -0.3 is 24.1 Å². The first kappa shape index (κ1) is 30.1. The molecule has 40 heavy (non-hydrogen) atoms. The maximum absolute atomic E-state index is 13.4. The lowest BCUT2D eigenvalue weighted by Gasteiger charge is -2.35. The largest absolute Gasteiger partial charge is 0.493 e. The van der Waals surface area contributed by atoms with E-state index in [9.17, 15) is 14.4 Å². The smallest absolute Gasteiger partial charge is 0.408 e. The fraction of sp³-hybridized carbons (Fsp3) is 0.483. The van der Waals surface area contributed by atoms with Gasteiger partial charge in [0, 0.05) is 30.2 Å². The highest BCUT2D eigenvalue weighted by Gasteiger charge is 2.33. The summed E-state index contributed by atoms with van der Waals surface area (Å²) in [7, 11) is 1.58. The quantitative estimate of drug-likeness (QED) is 0.299. The summed E-state index contributed by atoms with van der Waals surface area (Å²) in [5.41, 5.74) is 0.626. The van der Waals surface area contributed by atoms with Gasteiger partial charge in [0.05, 0.1) is 35.6 Å². The Morgan fingerprint density at radius 1 is 1.25 bits per heavy atom. The number of carbonyl (C=O) groups is 2. The number of fused-ring (bicyclic) bond motifs is 1. The molecule has 1 fully saturated rings. The van der Waals surface area contributed by atoms with Crippen LogP contribution in [0.4, 0.5) is 4.79 Å². The number of pyridine rings is 1. The minimum Gasteiger partial charge on any atom is -0.493 e. The van der Waals surface area contributed by atoms with Crippen LogP contribution in [0.15, 0.2) is 51.2 Å². The Hall–Kier alpha value is -2.89. The van der Waals surface area contributed by atoms with Crippen molar-refractivity contribution in [3.63, 3.8) is 0 Å². The molecule has 1 unspecified atom stereocenters. The fourth-order valence-corrected chi connectivity index (χ4v) is 6.40. The second-order valence-electron chi connectivity index (χ2n) is 10.6. The van der Waals surface area contributed by atoms with Crippen LogP contribution in [0.2, 0.25) is 0 Å². The lowest BCUT2D eigenvalue weighted by molar-refractivity contribution is 0.0503. The maximum atomic E-state index is 13.4. The zero-order valence-corrected chi connectivity index (χ0v) is 25.5. The summed E-state index contributed by atoms with van der Waals surface area (Å²) in [5.74, 6) is -0.0836. The molecule has 1 aliphatic carbocycles. The number of benzene rings is 1. The molecule has 11 heteroatoms. The fourth-order valence-electron chi connectivity index (χ4n) is 4.64. The van der Waals surface area contributed by atoms with Crippen LogP contribution in [0.25, 0.3) is 10.9 Å². The van der Waals surface area contributed by atoms with Crippen LogP contribution in [0, 0.1) is 0 Å². The van der Waals surface area contributed by atoms with Gasteiger partial charge in [0.25, 0.3) is 0 Å². The Bertz CT molecular complexity index is 1410. The van der Waals surface area contributed by atoms with Crippen LogP contribution < -0.4 is 15.5 Å². The van der Waals surface area contributed by atoms with E-state index in [4.69, 9.17) is 14.2 Å². The van der Waals surface area contributed by atoms with E-state index in [1.165, 1.54) is 11.8 Å². The van der Waals surface area contributed by atoms with Crippen LogP contribution in [0.3, 0.4) is 0 Å². The highest BCUT2D eigenvalue weighted by atomic mass is 32.2. The van der Waals surface area contributed by atoms with Crippen LogP contribution in [-0.2, 0) is 9.47 Å². The molecule has 0 saturated heterocycles. The molecule has 1 aromatic heterocycles. The average Bonchev–Trinajstić information content (AvgIpc) is 3.74. The normalized spacial score (nSPS) is 18.0. The molecule has 2 heterocycles. The van der Waals surface area contributed by atoms with Crippen molar-refractivity contribution in [2.24, 2.45) is 0 Å². The predicted octanol–water partition coefficient (Wildman–Crippen LogP) is 5.54. The summed E-state index contributed by atoms with van der Waals surface area (Å²) in [6, 6.07) is 3.38. The van der Waals surface area contributed by atoms with Gasteiger partial charge in [-0.1, -0.05) is 36.4 Å². The first-order valence-electron chi connectivity index (χ1n) is 13.3. The molecule has 0 bridgehead atoms. The number of hydrogen-bond acceptors (Lipinski definition) is 9. The highest BCUT2D eigenvalue weighted by molar-refractivity contribution is 8.03. The Labute approximate surface area is 243 Å². The van der Waals surface area contributed by atoms with Gasteiger partial charge in [0.2, 0.25) is 5.43 Å². The molecule has 1 saturated carbocycles. The lowest BCUT2D eigenvalue weighted by Crippen LogP contribution is -2.47. The molecule has 1 atom stereocenters. The van der Waals surface area contributed by atoms with Gasteiger partial charge in [-0.3, -0.25) is 4.79 Å². The van der Waals surface area contributed by atoms with E-state index in [2.05, 4.69) is 16.2 Å². The molecule has 0 spiro atoms. The molecule has 2 aliphatic rings. The van der Waals surface area contributed by atoms with E-state index >= 15 is 0 Å². The van der Waals surface area contributed by atoms with Crippen molar-refractivity contribution in [3.8, 4) is 5.75 Å². The number of nitrogens with zero attached hydrogens (tertiary/aromatic N) is 2. The number of hydrogen-bond donors (Lipinski definition) is 1. The number of aromatic nitrogens is 1. The molecule has 4 rings (SSSR count). The topological polar surface area (TPSA) is 99.1 Å². The summed E-state index contributed by atoms with van der Waals surface area (Å²) in [4.78, 5) is 40.5. The molecular formula is C29H37N3O6S2. The van der Waals surface area contributed by atoms with E-state index in [1.807, 2.05) is 43.7 Å². The first-order chi connectivity index (χ1) is 19.0. The van der Waals surface area contributed by atoms with Crippen molar-refractivity contribution in [2.75, 3.05) is 33.1 Å². The van der Waals surface area contributed by atoms with E-state index in [1.54, 1.807) is 38.2 Å². The van der Waals surface area contributed by atoms with E-state index in [0.29, 0.717) is 29.7 Å². The molecule has 1 amide bonds. The minimum absolute atomic E-state index is 0.0198. The van der Waals surface area contributed by atoms with Crippen molar-refractivity contribution in [2.45, 2.75) is 63.1 Å². The first-order valence-corrected chi connectivity index (χ1v) is 15.3. The van der Waals surface area contributed by atoms with Crippen LogP contribution in [-0.4, -0.2) is 65.6 Å². The Balaban J connectivity index is 1.81. The number of alkyl carbamates (subject to hydrolysis) is 1. The third-order valence-corrected chi connectivity index (χ3v) is 8.63. The predicted molar refractivity (Wildman–Crippen MR) is 160 cm³/mol. The monoisotopic (exact) mass is 587 g/mol. The molecule has 1 aromatic carbocycles. The summed E-state index contributed by atoms with van der Waals surface area (Å²) in [6.07, 6.45) is 6.81. The second kappa shape index (κ2) is 12.3. The zero-order valence-electron chi connectivity index (χ0n) is 23.9. The van der Waals surface area contributed by atoms with E-state index in [-0.39, 0.29) is 29.7 Å². The molecule has 0 radical (unpaired) electrons. The van der Waals surface area contributed by atoms with Crippen molar-refractivity contribution in [1.29, 1.82) is 0 Å². The lowest BCUT2D eigenvalue weighted by atomic mass is 10.1. The van der Waals surface area contributed by atoms with Crippen LogP contribution >= 0.6 is 23.7 Å². The molecule has 1 aliphatic heterocycles. The Morgan fingerprint density at radius 2 is 1.98 bits per heavy atom. The van der Waals surface area contributed by atoms with Crippen molar-refractivity contribution < 1.29 is 23.8 Å². The van der Waals surface area contributed by atoms with Gasteiger partial charge in [-0.15, -0.1) is 0 Å². The SMILES string of the molecule is C=CC1=C(Sc2ccc3c(=O)c(C(=O)OCC)cn(C4CC4)c3c2OC)C(NC(=O)OC(C)(C)C)CN(SC)C1. The van der Waals surface area contributed by atoms with Gasteiger partial charge in [0.1, 0.15) is 11.2 Å². The molecular weight excluding hydrogens is 550 g/mol. The molecule has 1 N–H and O–H groups in total. The summed E-state index contributed by atoms with van der Waals surface area (Å²) < 4.78 is 20.8. The van der Waals surface area contributed by atoms with Gasteiger partial charge in [-0.25, -0.2) is 13.9 Å². The molecule has 9 nitrogen and oxygen atoms in total. The Kier molecular flexibility index (Phi) is 9.26. The number of rotatable bonds is 9. The highest BCUT2D eigenvalue weighted by Crippen LogP contribution is 2.45. The van der Waals surface area contributed by atoms with Crippen LogP contribution in [0.5, 0.6) is 5.75 Å². The van der Waals surface area contributed by atoms with Crippen molar-refractivity contribution in [1.82, 2.24) is 14.2 Å². The summed E-state index contributed by atoms with van der Waals surface area (Å²) in [6.45, 7) is 12.7. The average molecular weight is 588 g/mol. The number of carbonyl (C=O) groups excluding carboxylic acids is 2. The third-order valence-electron chi connectivity index (χ3n) is 6.53. The maximum Gasteiger partial charge on any atom is 0.408 e. The number of esters is 1. The number of nitrogens with one attached hydrogen (secondary N) is 1.